The van der Waals surface area contributed by atoms with E-state index in [0.717, 1.165) is 44.3 Å². The van der Waals surface area contributed by atoms with E-state index in [4.69, 9.17) is 0 Å². The maximum atomic E-state index is 13.2. The maximum absolute atomic E-state index is 13.2. The summed E-state index contributed by atoms with van der Waals surface area (Å²) >= 11 is 0. The Morgan fingerprint density at radius 3 is 2.71 bits per heavy atom. The van der Waals surface area contributed by atoms with Gasteiger partial charge in [-0.1, -0.05) is 12.1 Å². The largest absolute Gasteiger partial charge is 0.341 e. The highest BCUT2D eigenvalue weighted by atomic mass is 19.1. The summed E-state index contributed by atoms with van der Waals surface area (Å²) in [6.45, 7) is 3.76. The van der Waals surface area contributed by atoms with Crippen molar-refractivity contribution in [1.82, 2.24) is 10.2 Å². The van der Waals surface area contributed by atoms with Gasteiger partial charge in [0.1, 0.15) is 5.82 Å². The van der Waals surface area contributed by atoms with Gasteiger partial charge in [0, 0.05) is 19.1 Å². The third kappa shape index (κ3) is 3.26. The van der Waals surface area contributed by atoms with Gasteiger partial charge in [-0.2, -0.15) is 0 Å². The minimum absolute atomic E-state index is 0.110. The van der Waals surface area contributed by atoms with Crippen molar-refractivity contribution in [2.75, 3.05) is 13.1 Å². The number of hydrogen-bond acceptors (Lipinski definition) is 2. The molecular weight excluding hydrogens is 267 g/mol. The predicted molar refractivity (Wildman–Crippen MR) is 80.6 cm³/mol. The molecule has 1 aliphatic carbocycles. The summed E-state index contributed by atoms with van der Waals surface area (Å²) in [5.74, 6) is 0.482. The number of carbonyl (C=O) groups excluding carboxylic acids is 1. The van der Waals surface area contributed by atoms with E-state index in [9.17, 15) is 9.18 Å². The first-order valence-electron chi connectivity index (χ1n) is 7.94. The number of nitrogens with one attached hydrogen (secondary N) is 1. The quantitative estimate of drug-likeness (QED) is 0.924. The van der Waals surface area contributed by atoms with Crippen LogP contribution in [-0.2, 0) is 4.79 Å². The first-order valence-corrected chi connectivity index (χ1v) is 7.94. The van der Waals surface area contributed by atoms with E-state index in [1.165, 1.54) is 6.07 Å². The summed E-state index contributed by atoms with van der Waals surface area (Å²) < 4.78 is 13.2. The molecule has 1 heterocycles. The molecule has 0 spiro atoms. The zero-order valence-electron chi connectivity index (χ0n) is 12.5. The van der Waals surface area contributed by atoms with Crippen molar-refractivity contribution >= 4 is 5.91 Å². The lowest BCUT2D eigenvalue weighted by atomic mass is 9.75. The lowest BCUT2D eigenvalue weighted by Crippen LogP contribution is -2.51. The molecule has 21 heavy (non-hydrogen) atoms. The van der Waals surface area contributed by atoms with Crippen LogP contribution in [0.4, 0.5) is 4.39 Å². The molecule has 2 fully saturated rings. The highest BCUT2D eigenvalue weighted by Crippen LogP contribution is 2.37. The van der Waals surface area contributed by atoms with E-state index in [1.54, 1.807) is 12.1 Å². The van der Waals surface area contributed by atoms with Gasteiger partial charge < -0.3 is 10.2 Å². The van der Waals surface area contributed by atoms with Crippen LogP contribution in [0.15, 0.2) is 24.3 Å². The van der Waals surface area contributed by atoms with Crippen molar-refractivity contribution in [1.29, 1.82) is 0 Å². The van der Waals surface area contributed by atoms with Gasteiger partial charge in [-0.3, -0.25) is 4.79 Å². The summed E-state index contributed by atoms with van der Waals surface area (Å²) in [4.78, 5) is 14.2. The summed E-state index contributed by atoms with van der Waals surface area (Å²) in [5, 5.41) is 3.42. The van der Waals surface area contributed by atoms with Gasteiger partial charge in [-0.25, -0.2) is 4.39 Å². The van der Waals surface area contributed by atoms with Gasteiger partial charge >= 0.3 is 0 Å². The lowest BCUT2D eigenvalue weighted by Gasteiger charge is -2.38. The van der Waals surface area contributed by atoms with Gasteiger partial charge in [-0.05, 0) is 56.2 Å². The van der Waals surface area contributed by atoms with Crippen molar-refractivity contribution < 1.29 is 9.18 Å². The Morgan fingerprint density at radius 2 is 2.05 bits per heavy atom. The van der Waals surface area contributed by atoms with Gasteiger partial charge in [-0.15, -0.1) is 0 Å². The average molecular weight is 290 g/mol. The van der Waals surface area contributed by atoms with Crippen molar-refractivity contribution in [3.63, 3.8) is 0 Å². The molecule has 3 rings (SSSR count). The van der Waals surface area contributed by atoms with E-state index in [2.05, 4.69) is 5.32 Å². The number of likely N-dealkylation sites (tertiary alicyclic amines) is 1. The monoisotopic (exact) mass is 290 g/mol. The first kappa shape index (κ1) is 14.5. The van der Waals surface area contributed by atoms with Crippen LogP contribution in [0.2, 0.25) is 0 Å². The fraction of sp³-hybridized carbons (Fsp3) is 0.588. The number of amides is 1. The Morgan fingerprint density at radius 1 is 1.33 bits per heavy atom. The van der Waals surface area contributed by atoms with E-state index < -0.39 is 0 Å². The smallest absolute Gasteiger partial charge is 0.239 e. The van der Waals surface area contributed by atoms with Crippen LogP contribution in [0, 0.1) is 5.82 Å². The molecule has 1 aromatic carbocycles. The molecule has 0 bridgehead atoms. The topological polar surface area (TPSA) is 32.3 Å². The maximum Gasteiger partial charge on any atom is 0.239 e. The van der Waals surface area contributed by atoms with Crippen molar-refractivity contribution in [2.24, 2.45) is 0 Å². The van der Waals surface area contributed by atoms with Crippen LogP contribution in [0.3, 0.4) is 0 Å². The van der Waals surface area contributed by atoms with Crippen LogP contribution in [-0.4, -0.2) is 36.0 Å². The molecule has 1 amide bonds. The number of benzene rings is 1. The lowest BCUT2D eigenvalue weighted by molar-refractivity contribution is -0.132. The second kappa shape index (κ2) is 6.14. The highest BCUT2D eigenvalue weighted by molar-refractivity contribution is 5.81. The molecule has 0 aromatic heterocycles. The summed E-state index contributed by atoms with van der Waals surface area (Å²) in [6.07, 6.45) is 4.23. The Balaban J connectivity index is 1.47. The van der Waals surface area contributed by atoms with E-state index in [0.29, 0.717) is 12.0 Å². The second-order valence-electron chi connectivity index (χ2n) is 6.34. The van der Waals surface area contributed by atoms with Crippen LogP contribution in [0.25, 0.3) is 0 Å². The Bertz CT molecular complexity index is 507. The van der Waals surface area contributed by atoms with E-state index in [-0.39, 0.29) is 17.8 Å². The Labute approximate surface area is 125 Å². The van der Waals surface area contributed by atoms with Gasteiger partial charge in [0.2, 0.25) is 5.91 Å². The van der Waals surface area contributed by atoms with Crippen LogP contribution >= 0.6 is 0 Å². The molecule has 114 valence electrons. The normalized spacial score (nSPS) is 26.5. The molecule has 1 saturated heterocycles. The van der Waals surface area contributed by atoms with Crippen molar-refractivity contribution in [2.45, 2.75) is 50.6 Å². The van der Waals surface area contributed by atoms with E-state index >= 15 is 0 Å². The molecule has 1 saturated carbocycles. The predicted octanol–water partition coefficient (Wildman–Crippen LogP) is 2.67. The molecule has 1 aromatic rings. The van der Waals surface area contributed by atoms with Crippen molar-refractivity contribution in [3.8, 4) is 0 Å². The van der Waals surface area contributed by atoms with Gasteiger partial charge in [0.15, 0.2) is 0 Å². The fourth-order valence-corrected chi connectivity index (χ4v) is 3.42. The Kier molecular flexibility index (Phi) is 4.24. The zero-order valence-corrected chi connectivity index (χ0v) is 12.5. The number of hydrogen-bond donors (Lipinski definition) is 1. The number of rotatable bonds is 4. The number of carbonyl (C=O) groups is 1. The molecule has 1 unspecified atom stereocenters. The standard InChI is InChI=1S/C17H23FN2O/c1-12(17(21)20-7-2-3-8-20)19-16-10-14(11-16)13-5-4-6-15(18)9-13/h4-6,9,12,14,16,19H,2-3,7-8,10-11H2,1H3. The average Bonchev–Trinajstić information content (AvgIpc) is 2.95. The molecule has 1 N–H and O–H groups in total. The molecule has 2 aliphatic rings. The summed E-state index contributed by atoms with van der Waals surface area (Å²) in [5.41, 5.74) is 1.08. The third-order valence-corrected chi connectivity index (χ3v) is 4.73. The number of halogens is 1. The molecule has 1 aliphatic heterocycles. The summed E-state index contributed by atoms with van der Waals surface area (Å²) in [7, 11) is 0. The third-order valence-electron chi connectivity index (χ3n) is 4.73. The van der Waals surface area contributed by atoms with Crippen LogP contribution in [0.5, 0.6) is 0 Å². The Hall–Kier alpha value is -1.42. The van der Waals surface area contributed by atoms with Crippen LogP contribution < -0.4 is 5.32 Å². The minimum Gasteiger partial charge on any atom is -0.341 e. The van der Waals surface area contributed by atoms with Gasteiger partial charge in [0.05, 0.1) is 6.04 Å². The fourth-order valence-electron chi connectivity index (χ4n) is 3.42. The second-order valence-corrected chi connectivity index (χ2v) is 6.34. The highest BCUT2D eigenvalue weighted by Gasteiger charge is 2.33. The molecule has 4 heteroatoms. The molecule has 0 radical (unpaired) electrons. The molecule has 3 nitrogen and oxygen atoms in total. The molecule has 1 atom stereocenters. The SMILES string of the molecule is CC(NC1CC(c2cccc(F)c2)C1)C(=O)N1CCCC1. The van der Waals surface area contributed by atoms with Gasteiger partial charge in [0.25, 0.3) is 0 Å². The zero-order chi connectivity index (χ0) is 14.8. The summed E-state index contributed by atoms with van der Waals surface area (Å²) in [6, 6.07) is 7.13. The minimum atomic E-state index is -0.165. The molecular formula is C17H23FN2O. The van der Waals surface area contributed by atoms with Crippen molar-refractivity contribution in [3.05, 3.63) is 35.6 Å². The number of nitrogens with zero attached hydrogens (tertiary/aromatic N) is 1. The van der Waals surface area contributed by atoms with E-state index in [1.807, 2.05) is 17.9 Å². The first-order chi connectivity index (χ1) is 10.1. The van der Waals surface area contributed by atoms with Crippen LogP contribution in [0.1, 0.15) is 44.1 Å².